The van der Waals surface area contributed by atoms with Gasteiger partial charge in [0.25, 0.3) is 0 Å². The average Bonchev–Trinajstić information content (AvgIpc) is 2.76. The summed E-state index contributed by atoms with van der Waals surface area (Å²) in [6.45, 7) is 0.551. The van der Waals surface area contributed by atoms with Crippen molar-refractivity contribution in [3.8, 4) is 11.5 Å². The second-order valence-corrected chi connectivity index (χ2v) is 4.46. The molecule has 20 heavy (non-hydrogen) atoms. The van der Waals surface area contributed by atoms with Gasteiger partial charge < -0.3 is 15.6 Å². The Kier molecular flexibility index (Phi) is 2.90. The molecule has 0 saturated carbocycles. The Hall–Kier alpha value is -2.76. The molecule has 3 rings (SSSR count). The number of nitrogen functional groups attached to an aromatic ring is 1. The number of hydrogen-bond donors (Lipinski definition) is 2. The molecule has 2 aromatic heterocycles. The monoisotopic (exact) mass is 270 g/mol. The van der Waals surface area contributed by atoms with Crippen LogP contribution in [0.1, 0.15) is 5.56 Å². The zero-order chi connectivity index (χ0) is 14.1. The van der Waals surface area contributed by atoms with Gasteiger partial charge in [-0.2, -0.15) is 5.10 Å². The fourth-order valence-electron chi connectivity index (χ4n) is 2.09. The van der Waals surface area contributed by atoms with Gasteiger partial charge in [-0.1, -0.05) is 12.1 Å². The van der Waals surface area contributed by atoms with Crippen LogP contribution in [0, 0.1) is 0 Å². The van der Waals surface area contributed by atoms with E-state index in [1.165, 1.54) is 6.20 Å². The van der Waals surface area contributed by atoms with Crippen LogP contribution >= 0.6 is 0 Å². The summed E-state index contributed by atoms with van der Waals surface area (Å²) in [4.78, 5) is 4.18. The molecule has 0 aliphatic heterocycles. The maximum atomic E-state index is 9.44. The Morgan fingerprint density at radius 2 is 2.05 bits per heavy atom. The van der Waals surface area contributed by atoms with E-state index in [0.29, 0.717) is 23.4 Å². The van der Waals surface area contributed by atoms with Gasteiger partial charge in [-0.05, 0) is 23.8 Å². The number of methoxy groups -OCH3 is 1. The average molecular weight is 270 g/mol. The molecular weight excluding hydrogens is 256 g/mol. The normalized spacial score (nSPS) is 10.8. The van der Waals surface area contributed by atoms with Gasteiger partial charge in [-0.3, -0.25) is 0 Å². The van der Waals surface area contributed by atoms with Crippen LogP contribution in [0.2, 0.25) is 0 Å². The third-order valence-corrected chi connectivity index (χ3v) is 3.09. The Morgan fingerprint density at radius 1 is 1.30 bits per heavy atom. The van der Waals surface area contributed by atoms with Gasteiger partial charge in [-0.25, -0.2) is 9.67 Å². The minimum absolute atomic E-state index is 0.0770. The maximum absolute atomic E-state index is 9.44. The number of aromatic nitrogens is 3. The number of nitrogens with two attached hydrogens (primary N) is 1. The number of pyridine rings is 1. The second-order valence-electron chi connectivity index (χ2n) is 4.46. The van der Waals surface area contributed by atoms with E-state index in [9.17, 15) is 5.11 Å². The molecule has 0 bridgehead atoms. The van der Waals surface area contributed by atoms with Gasteiger partial charge in [0.1, 0.15) is 11.5 Å². The van der Waals surface area contributed by atoms with Crippen molar-refractivity contribution in [2.75, 3.05) is 12.8 Å². The first kappa shape index (κ1) is 12.3. The number of benzene rings is 1. The molecule has 0 radical (unpaired) electrons. The van der Waals surface area contributed by atoms with E-state index in [1.54, 1.807) is 17.9 Å². The third kappa shape index (κ3) is 2.11. The van der Waals surface area contributed by atoms with Crippen molar-refractivity contribution in [3.63, 3.8) is 0 Å². The highest BCUT2D eigenvalue weighted by Gasteiger charge is 2.10. The first-order valence-corrected chi connectivity index (χ1v) is 6.11. The largest absolute Gasteiger partial charge is 0.506 e. The summed E-state index contributed by atoms with van der Waals surface area (Å²) in [6.07, 6.45) is 1.38. The van der Waals surface area contributed by atoms with Crippen molar-refractivity contribution in [1.82, 2.24) is 14.8 Å². The number of fused-ring (bicyclic) bond motifs is 1. The fraction of sp³-hybridized carbons (Fsp3) is 0.143. The summed E-state index contributed by atoms with van der Waals surface area (Å²) < 4.78 is 6.84. The van der Waals surface area contributed by atoms with Crippen molar-refractivity contribution in [3.05, 3.63) is 42.1 Å². The van der Waals surface area contributed by atoms with Gasteiger partial charge in [0.05, 0.1) is 25.2 Å². The molecule has 1 aromatic carbocycles. The molecule has 0 fully saturated rings. The predicted octanol–water partition coefficient (Wildman–Crippen LogP) is 1.78. The number of hydrogen-bond acceptors (Lipinski definition) is 5. The van der Waals surface area contributed by atoms with E-state index in [2.05, 4.69) is 10.1 Å². The number of aromatic hydroxyl groups is 1. The van der Waals surface area contributed by atoms with E-state index in [1.807, 2.05) is 24.3 Å². The Bertz CT molecular complexity index is 750. The molecule has 0 saturated heterocycles. The van der Waals surface area contributed by atoms with Crippen LogP contribution in [0.15, 0.2) is 36.5 Å². The number of rotatable bonds is 3. The van der Waals surface area contributed by atoms with E-state index in [4.69, 9.17) is 10.5 Å². The first-order valence-electron chi connectivity index (χ1n) is 6.11. The first-order chi connectivity index (χ1) is 9.67. The predicted molar refractivity (Wildman–Crippen MR) is 75.7 cm³/mol. The van der Waals surface area contributed by atoms with Gasteiger partial charge in [0, 0.05) is 0 Å². The lowest BCUT2D eigenvalue weighted by molar-refractivity contribution is 0.414. The minimum atomic E-state index is 0.0770. The highest BCUT2D eigenvalue weighted by atomic mass is 16.5. The molecule has 102 valence electrons. The minimum Gasteiger partial charge on any atom is -0.506 e. The number of nitrogens with zero attached hydrogens (tertiary/aromatic N) is 3. The van der Waals surface area contributed by atoms with Gasteiger partial charge in [0.2, 0.25) is 0 Å². The lowest BCUT2D eigenvalue weighted by Crippen LogP contribution is -2.03. The SMILES string of the molecule is COc1ccc(Cn2nc(N)c3cc(O)cnc32)cc1. The Morgan fingerprint density at radius 3 is 2.75 bits per heavy atom. The molecule has 3 aromatic rings. The number of ether oxygens (including phenoxy) is 1. The van der Waals surface area contributed by atoms with Crippen LogP contribution in [0.25, 0.3) is 11.0 Å². The van der Waals surface area contributed by atoms with Crippen LogP contribution in [0.5, 0.6) is 11.5 Å². The summed E-state index contributed by atoms with van der Waals surface area (Å²) >= 11 is 0. The molecule has 3 N–H and O–H groups in total. The van der Waals surface area contributed by atoms with Crippen molar-refractivity contribution >= 4 is 16.9 Å². The van der Waals surface area contributed by atoms with Crippen molar-refractivity contribution in [2.24, 2.45) is 0 Å². The number of anilines is 1. The fourth-order valence-corrected chi connectivity index (χ4v) is 2.09. The zero-order valence-corrected chi connectivity index (χ0v) is 10.9. The van der Waals surface area contributed by atoms with E-state index in [0.717, 1.165) is 11.3 Å². The topological polar surface area (TPSA) is 86.2 Å². The highest BCUT2D eigenvalue weighted by molar-refractivity contribution is 5.87. The molecule has 0 atom stereocenters. The lowest BCUT2D eigenvalue weighted by atomic mass is 10.2. The molecule has 0 amide bonds. The molecule has 6 heteroatoms. The van der Waals surface area contributed by atoms with Crippen molar-refractivity contribution in [2.45, 2.75) is 6.54 Å². The van der Waals surface area contributed by atoms with E-state index < -0.39 is 0 Å². The summed E-state index contributed by atoms with van der Waals surface area (Å²) in [7, 11) is 1.63. The third-order valence-electron chi connectivity index (χ3n) is 3.09. The van der Waals surface area contributed by atoms with Crippen molar-refractivity contribution in [1.29, 1.82) is 0 Å². The lowest BCUT2D eigenvalue weighted by Gasteiger charge is -2.04. The van der Waals surface area contributed by atoms with Crippen LogP contribution in [0.3, 0.4) is 0 Å². The zero-order valence-electron chi connectivity index (χ0n) is 10.9. The molecular formula is C14H14N4O2. The van der Waals surface area contributed by atoms with Gasteiger partial charge >= 0.3 is 0 Å². The van der Waals surface area contributed by atoms with E-state index in [-0.39, 0.29) is 5.75 Å². The van der Waals surface area contributed by atoms with Crippen LogP contribution in [-0.4, -0.2) is 27.0 Å². The molecule has 2 heterocycles. The summed E-state index contributed by atoms with van der Waals surface area (Å²) in [6, 6.07) is 9.27. The standard InChI is InChI=1S/C14H14N4O2/c1-20-11-4-2-9(3-5-11)8-18-14-12(13(15)17-18)6-10(19)7-16-14/h2-7,19H,8H2,1H3,(H2,15,17). The maximum Gasteiger partial charge on any atom is 0.160 e. The Labute approximate surface area is 115 Å². The van der Waals surface area contributed by atoms with Crippen LogP contribution in [0.4, 0.5) is 5.82 Å². The molecule has 0 aliphatic carbocycles. The molecule has 0 unspecified atom stereocenters. The highest BCUT2D eigenvalue weighted by Crippen LogP contribution is 2.23. The molecule has 0 spiro atoms. The van der Waals surface area contributed by atoms with E-state index >= 15 is 0 Å². The summed E-state index contributed by atoms with van der Waals surface area (Å²) in [5, 5.41) is 14.4. The molecule has 0 aliphatic rings. The van der Waals surface area contributed by atoms with Gasteiger partial charge in [-0.15, -0.1) is 0 Å². The second kappa shape index (κ2) is 4.73. The van der Waals surface area contributed by atoms with Crippen LogP contribution in [-0.2, 0) is 6.54 Å². The Balaban J connectivity index is 1.97. The van der Waals surface area contributed by atoms with Crippen molar-refractivity contribution < 1.29 is 9.84 Å². The molecule has 6 nitrogen and oxygen atoms in total. The summed E-state index contributed by atoms with van der Waals surface area (Å²) in [5.74, 6) is 1.24. The van der Waals surface area contributed by atoms with Gasteiger partial charge in [0.15, 0.2) is 11.5 Å². The summed E-state index contributed by atoms with van der Waals surface area (Å²) in [5.41, 5.74) is 7.55. The smallest absolute Gasteiger partial charge is 0.160 e. The van der Waals surface area contributed by atoms with Crippen LogP contribution < -0.4 is 10.5 Å². The quantitative estimate of drug-likeness (QED) is 0.757.